The highest BCUT2D eigenvalue weighted by Crippen LogP contribution is 2.15. The van der Waals surface area contributed by atoms with Gasteiger partial charge >= 0.3 is 5.97 Å². The molecule has 0 aliphatic rings. The Bertz CT molecular complexity index is 542. The molecule has 3 nitrogen and oxygen atoms in total. The molecule has 0 spiro atoms. The van der Waals surface area contributed by atoms with Crippen LogP contribution in [-0.2, 0) is 22.6 Å². The standard InChI is InChI=1S/C20H25NO2/c1-3-19(20(22)23-2)16-21(14-17-10-6-4-7-11-17)15-18-12-8-5-9-13-18/h4-13,19H,3,14-16H2,1-2H3/t19-/m0/s1. The molecule has 0 aromatic heterocycles. The lowest BCUT2D eigenvalue weighted by Crippen LogP contribution is -2.33. The third-order valence-electron chi connectivity index (χ3n) is 4.00. The first-order valence-electron chi connectivity index (χ1n) is 8.11. The van der Waals surface area contributed by atoms with Crippen LogP contribution in [0.15, 0.2) is 60.7 Å². The zero-order chi connectivity index (χ0) is 16.5. The lowest BCUT2D eigenvalue weighted by atomic mass is 10.0. The Labute approximate surface area is 138 Å². The first kappa shape index (κ1) is 17.2. The minimum absolute atomic E-state index is 0.0903. The molecule has 0 saturated carbocycles. The molecule has 0 saturated heterocycles. The van der Waals surface area contributed by atoms with E-state index in [4.69, 9.17) is 4.74 Å². The third-order valence-corrected chi connectivity index (χ3v) is 4.00. The Morgan fingerprint density at radius 1 is 0.957 bits per heavy atom. The number of ether oxygens (including phenoxy) is 1. The second kappa shape index (κ2) is 9.11. The van der Waals surface area contributed by atoms with Crippen LogP contribution >= 0.6 is 0 Å². The molecule has 0 amide bonds. The van der Waals surface area contributed by atoms with E-state index < -0.39 is 0 Å². The second-order valence-electron chi connectivity index (χ2n) is 5.77. The molecule has 2 rings (SSSR count). The predicted octanol–water partition coefficient (Wildman–Crippen LogP) is 3.89. The predicted molar refractivity (Wildman–Crippen MR) is 92.8 cm³/mol. The summed E-state index contributed by atoms with van der Waals surface area (Å²) in [7, 11) is 1.46. The molecule has 3 heteroatoms. The van der Waals surface area contributed by atoms with Gasteiger partial charge in [0.2, 0.25) is 0 Å². The molecule has 0 bridgehead atoms. The van der Waals surface area contributed by atoms with E-state index in [0.717, 1.165) is 19.5 Å². The summed E-state index contributed by atoms with van der Waals surface area (Å²) in [5.41, 5.74) is 2.51. The quantitative estimate of drug-likeness (QED) is 0.693. The van der Waals surface area contributed by atoms with Gasteiger partial charge in [-0.25, -0.2) is 0 Å². The average Bonchev–Trinajstić information content (AvgIpc) is 2.60. The number of carbonyl (C=O) groups is 1. The molecule has 0 aliphatic heterocycles. The smallest absolute Gasteiger partial charge is 0.309 e. The number of hydrogen-bond acceptors (Lipinski definition) is 3. The summed E-state index contributed by atoms with van der Waals surface area (Å²) in [6, 6.07) is 20.7. The molecule has 0 fully saturated rings. The molecule has 0 N–H and O–H groups in total. The van der Waals surface area contributed by atoms with Gasteiger partial charge in [-0.15, -0.1) is 0 Å². The number of esters is 1. The van der Waals surface area contributed by atoms with Gasteiger partial charge in [0.05, 0.1) is 13.0 Å². The molecule has 1 atom stereocenters. The average molecular weight is 311 g/mol. The number of methoxy groups -OCH3 is 1. The van der Waals surface area contributed by atoms with Gasteiger partial charge in [0.1, 0.15) is 0 Å². The minimum atomic E-state index is -0.126. The molecule has 2 aromatic carbocycles. The van der Waals surface area contributed by atoms with Crippen LogP contribution in [0.3, 0.4) is 0 Å². The highest BCUT2D eigenvalue weighted by molar-refractivity contribution is 5.72. The van der Waals surface area contributed by atoms with E-state index in [1.54, 1.807) is 0 Å². The van der Waals surface area contributed by atoms with Crippen molar-refractivity contribution in [3.63, 3.8) is 0 Å². The van der Waals surface area contributed by atoms with E-state index in [-0.39, 0.29) is 11.9 Å². The number of hydrogen-bond donors (Lipinski definition) is 0. The first-order valence-corrected chi connectivity index (χ1v) is 8.11. The fraction of sp³-hybridized carbons (Fsp3) is 0.350. The van der Waals surface area contributed by atoms with E-state index in [9.17, 15) is 4.79 Å². The van der Waals surface area contributed by atoms with Crippen LogP contribution in [0.2, 0.25) is 0 Å². The van der Waals surface area contributed by atoms with Crippen LogP contribution in [0, 0.1) is 5.92 Å². The maximum Gasteiger partial charge on any atom is 0.309 e. The Hall–Kier alpha value is -2.13. The normalized spacial score (nSPS) is 12.1. The van der Waals surface area contributed by atoms with Crippen molar-refractivity contribution in [2.45, 2.75) is 26.4 Å². The SMILES string of the molecule is CC[C@@H](CN(Cc1ccccc1)Cc1ccccc1)C(=O)OC. The van der Waals surface area contributed by atoms with Gasteiger partial charge in [0.25, 0.3) is 0 Å². The maximum absolute atomic E-state index is 11.9. The molecule has 23 heavy (non-hydrogen) atoms. The molecular formula is C20H25NO2. The number of benzene rings is 2. The van der Waals surface area contributed by atoms with Crippen molar-refractivity contribution in [2.24, 2.45) is 5.92 Å². The van der Waals surface area contributed by atoms with Gasteiger partial charge in [-0.05, 0) is 17.5 Å². The van der Waals surface area contributed by atoms with Crippen LogP contribution in [-0.4, -0.2) is 24.5 Å². The zero-order valence-corrected chi connectivity index (χ0v) is 13.9. The number of carbonyl (C=O) groups excluding carboxylic acids is 1. The van der Waals surface area contributed by atoms with Crippen molar-refractivity contribution < 1.29 is 9.53 Å². The van der Waals surface area contributed by atoms with Crippen LogP contribution in [0.4, 0.5) is 0 Å². The van der Waals surface area contributed by atoms with Gasteiger partial charge in [0, 0.05) is 19.6 Å². The van der Waals surface area contributed by atoms with E-state index >= 15 is 0 Å². The maximum atomic E-state index is 11.9. The fourth-order valence-corrected chi connectivity index (χ4v) is 2.72. The summed E-state index contributed by atoms with van der Waals surface area (Å²) in [6.45, 7) is 4.38. The lowest BCUT2D eigenvalue weighted by molar-refractivity contribution is -0.146. The summed E-state index contributed by atoms with van der Waals surface area (Å²) in [6.07, 6.45) is 0.784. The van der Waals surface area contributed by atoms with Crippen molar-refractivity contribution >= 4 is 5.97 Å². The van der Waals surface area contributed by atoms with Gasteiger partial charge in [-0.3, -0.25) is 9.69 Å². The first-order chi connectivity index (χ1) is 11.2. The number of nitrogens with zero attached hydrogens (tertiary/aromatic N) is 1. The Kier molecular flexibility index (Phi) is 6.82. The summed E-state index contributed by atoms with van der Waals surface area (Å²) in [4.78, 5) is 14.2. The molecule has 122 valence electrons. The van der Waals surface area contributed by atoms with E-state index in [2.05, 4.69) is 29.2 Å². The Balaban J connectivity index is 2.11. The molecule has 0 radical (unpaired) electrons. The summed E-state index contributed by atoms with van der Waals surface area (Å²) < 4.78 is 4.94. The van der Waals surface area contributed by atoms with Gasteiger partial charge in [0.15, 0.2) is 0 Å². The van der Waals surface area contributed by atoms with E-state index in [1.807, 2.05) is 43.3 Å². The second-order valence-corrected chi connectivity index (χ2v) is 5.77. The fourth-order valence-electron chi connectivity index (χ4n) is 2.72. The van der Waals surface area contributed by atoms with Gasteiger partial charge < -0.3 is 4.74 Å². The van der Waals surface area contributed by atoms with Crippen LogP contribution < -0.4 is 0 Å². The van der Waals surface area contributed by atoms with Gasteiger partial charge in [-0.1, -0.05) is 67.6 Å². The Morgan fingerprint density at radius 3 is 1.83 bits per heavy atom. The number of rotatable bonds is 8. The van der Waals surface area contributed by atoms with Crippen molar-refractivity contribution in [3.8, 4) is 0 Å². The molecule has 2 aromatic rings. The highest BCUT2D eigenvalue weighted by atomic mass is 16.5. The van der Waals surface area contributed by atoms with E-state index in [1.165, 1.54) is 18.2 Å². The topological polar surface area (TPSA) is 29.5 Å². The van der Waals surface area contributed by atoms with Crippen molar-refractivity contribution in [1.29, 1.82) is 0 Å². The van der Waals surface area contributed by atoms with Crippen molar-refractivity contribution in [1.82, 2.24) is 4.90 Å². The largest absolute Gasteiger partial charge is 0.469 e. The van der Waals surface area contributed by atoms with E-state index in [0.29, 0.717) is 6.54 Å². The summed E-state index contributed by atoms with van der Waals surface area (Å²) in [5.74, 6) is -0.217. The van der Waals surface area contributed by atoms with Crippen molar-refractivity contribution in [2.75, 3.05) is 13.7 Å². The molecular weight excluding hydrogens is 286 g/mol. The minimum Gasteiger partial charge on any atom is -0.469 e. The van der Waals surface area contributed by atoms with Crippen molar-refractivity contribution in [3.05, 3.63) is 71.8 Å². The van der Waals surface area contributed by atoms with Crippen LogP contribution in [0.5, 0.6) is 0 Å². The monoisotopic (exact) mass is 311 g/mol. The summed E-state index contributed by atoms with van der Waals surface area (Å²) in [5, 5.41) is 0. The molecule has 0 unspecified atom stereocenters. The van der Waals surface area contributed by atoms with Crippen LogP contribution in [0.25, 0.3) is 0 Å². The third kappa shape index (κ3) is 5.53. The zero-order valence-electron chi connectivity index (χ0n) is 13.9. The molecule has 0 heterocycles. The van der Waals surface area contributed by atoms with Crippen LogP contribution in [0.1, 0.15) is 24.5 Å². The van der Waals surface area contributed by atoms with Gasteiger partial charge in [-0.2, -0.15) is 0 Å². The Morgan fingerprint density at radius 2 is 1.43 bits per heavy atom. The summed E-state index contributed by atoms with van der Waals surface area (Å²) >= 11 is 0. The molecule has 0 aliphatic carbocycles. The lowest BCUT2D eigenvalue weighted by Gasteiger charge is -2.26. The highest BCUT2D eigenvalue weighted by Gasteiger charge is 2.21.